The second-order valence-electron chi connectivity index (χ2n) is 6.78. The number of alkyl carbamates (subject to hydrolysis) is 1. The van der Waals surface area contributed by atoms with Crippen LogP contribution >= 0.6 is 0 Å². The summed E-state index contributed by atoms with van der Waals surface area (Å²) in [5.74, 6) is -1.79. The zero-order valence-electron chi connectivity index (χ0n) is 15.9. The van der Waals surface area contributed by atoms with Gasteiger partial charge in [-0.3, -0.25) is 9.63 Å². The van der Waals surface area contributed by atoms with Crippen LogP contribution in [0.2, 0.25) is 0 Å². The van der Waals surface area contributed by atoms with E-state index in [0.29, 0.717) is 0 Å². The van der Waals surface area contributed by atoms with Crippen LogP contribution in [-0.4, -0.2) is 42.3 Å². The fraction of sp³-hybridized carbons (Fsp3) is 0.286. The van der Waals surface area contributed by atoms with Gasteiger partial charge in [0.05, 0.1) is 0 Å². The summed E-state index contributed by atoms with van der Waals surface area (Å²) < 4.78 is 5.41. The molecule has 0 heterocycles. The van der Waals surface area contributed by atoms with Crippen molar-refractivity contribution in [1.29, 1.82) is 0 Å². The summed E-state index contributed by atoms with van der Waals surface area (Å²) in [5, 5.41) is 11.0. The molecule has 2 amide bonds. The Morgan fingerprint density at radius 3 is 2.21 bits per heavy atom. The zero-order valence-corrected chi connectivity index (χ0v) is 15.9. The lowest BCUT2D eigenvalue weighted by molar-refractivity contribution is -0.149. The standard InChI is InChI=1S/C21H22N2O6/c1-13(10-19(24)23-29-12-20(25)26)22-21(27)28-11-18-16-8-4-2-6-14(16)15-7-3-5-9-17(15)18/h2-9,13,18H,10-12H2,1H3,(H,22,27)(H,23,24)(H,25,26)/t13-/m1/s1. The number of amides is 2. The fourth-order valence-electron chi connectivity index (χ4n) is 3.39. The molecule has 3 N–H and O–H groups in total. The lowest BCUT2D eigenvalue weighted by Gasteiger charge is -2.17. The van der Waals surface area contributed by atoms with Crippen molar-refractivity contribution in [1.82, 2.24) is 10.8 Å². The molecule has 0 spiro atoms. The topological polar surface area (TPSA) is 114 Å². The minimum Gasteiger partial charge on any atom is -0.479 e. The average Bonchev–Trinajstić information content (AvgIpc) is 3.00. The Balaban J connectivity index is 1.51. The minimum atomic E-state index is -1.20. The third-order valence-corrected chi connectivity index (χ3v) is 4.58. The first-order valence-corrected chi connectivity index (χ1v) is 9.19. The van der Waals surface area contributed by atoms with Crippen molar-refractivity contribution >= 4 is 18.0 Å². The molecule has 0 fully saturated rings. The van der Waals surface area contributed by atoms with Crippen LogP contribution in [0.15, 0.2) is 48.5 Å². The number of fused-ring (bicyclic) bond motifs is 3. The molecule has 2 aromatic carbocycles. The van der Waals surface area contributed by atoms with E-state index in [9.17, 15) is 14.4 Å². The maximum atomic E-state index is 12.1. The highest BCUT2D eigenvalue weighted by Crippen LogP contribution is 2.44. The first-order chi connectivity index (χ1) is 14.0. The third kappa shape index (κ3) is 5.11. The monoisotopic (exact) mass is 398 g/mol. The predicted molar refractivity (Wildman–Crippen MR) is 104 cm³/mol. The Morgan fingerprint density at radius 1 is 1.03 bits per heavy atom. The molecule has 0 saturated carbocycles. The number of ether oxygens (including phenoxy) is 1. The van der Waals surface area contributed by atoms with Crippen LogP contribution in [-0.2, 0) is 19.2 Å². The third-order valence-electron chi connectivity index (χ3n) is 4.58. The molecule has 1 aliphatic carbocycles. The lowest BCUT2D eigenvalue weighted by Crippen LogP contribution is -2.38. The van der Waals surface area contributed by atoms with Crippen molar-refractivity contribution in [3.63, 3.8) is 0 Å². The Hall–Kier alpha value is -3.39. The molecule has 8 nitrogen and oxygen atoms in total. The van der Waals surface area contributed by atoms with Crippen molar-refractivity contribution in [2.75, 3.05) is 13.2 Å². The van der Waals surface area contributed by atoms with Gasteiger partial charge in [-0.1, -0.05) is 48.5 Å². The van der Waals surface area contributed by atoms with Crippen molar-refractivity contribution < 1.29 is 29.1 Å². The van der Waals surface area contributed by atoms with Crippen LogP contribution in [0.3, 0.4) is 0 Å². The number of carbonyl (C=O) groups excluding carboxylic acids is 2. The number of nitrogens with one attached hydrogen (secondary N) is 2. The molecule has 152 valence electrons. The quantitative estimate of drug-likeness (QED) is 0.589. The van der Waals surface area contributed by atoms with Gasteiger partial charge in [-0.15, -0.1) is 0 Å². The molecule has 1 atom stereocenters. The molecule has 0 unspecified atom stereocenters. The SMILES string of the molecule is C[C@H](CC(=O)NOCC(=O)O)NC(=O)OCC1c2ccccc2-c2ccccc21. The molecule has 0 aromatic heterocycles. The van der Waals surface area contributed by atoms with Gasteiger partial charge in [0.1, 0.15) is 6.61 Å². The van der Waals surface area contributed by atoms with Crippen LogP contribution in [0.5, 0.6) is 0 Å². The maximum absolute atomic E-state index is 12.1. The number of carbonyl (C=O) groups is 3. The molecule has 0 aliphatic heterocycles. The Labute approximate surface area is 167 Å². The number of carboxylic acids is 1. The van der Waals surface area contributed by atoms with Crippen LogP contribution < -0.4 is 10.8 Å². The van der Waals surface area contributed by atoms with Gasteiger partial charge in [0.15, 0.2) is 6.61 Å². The molecule has 3 rings (SSSR count). The first kappa shape index (κ1) is 20.3. The predicted octanol–water partition coefficient (Wildman–Crippen LogP) is 2.44. The molecule has 0 bridgehead atoms. The Bertz CT molecular complexity index is 868. The van der Waals surface area contributed by atoms with Gasteiger partial charge in [0.2, 0.25) is 5.91 Å². The molecule has 2 aromatic rings. The van der Waals surface area contributed by atoms with Crippen molar-refractivity contribution in [3.8, 4) is 11.1 Å². The van der Waals surface area contributed by atoms with E-state index in [-0.39, 0.29) is 18.9 Å². The van der Waals surface area contributed by atoms with Crippen LogP contribution in [0.4, 0.5) is 4.79 Å². The molecular weight excluding hydrogens is 376 g/mol. The first-order valence-electron chi connectivity index (χ1n) is 9.19. The van der Waals surface area contributed by atoms with Crippen LogP contribution in [0, 0.1) is 0 Å². The average molecular weight is 398 g/mol. The summed E-state index contributed by atoms with van der Waals surface area (Å²) in [6.07, 6.45) is -0.706. The number of rotatable bonds is 8. The number of aliphatic carboxylic acids is 1. The summed E-state index contributed by atoms with van der Waals surface area (Å²) in [6.45, 7) is 1.18. The largest absolute Gasteiger partial charge is 0.479 e. The minimum absolute atomic E-state index is 0.0452. The van der Waals surface area contributed by atoms with Crippen molar-refractivity contribution in [2.45, 2.75) is 25.3 Å². The van der Waals surface area contributed by atoms with Crippen LogP contribution in [0.1, 0.15) is 30.4 Å². The normalized spacial score (nSPS) is 13.1. The number of carboxylic acid groups (broad SMARTS) is 1. The number of benzene rings is 2. The molecule has 0 radical (unpaired) electrons. The van der Waals surface area contributed by atoms with E-state index in [1.54, 1.807) is 6.92 Å². The van der Waals surface area contributed by atoms with Crippen molar-refractivity contribution in [3.05, 3.63) is 59.7 Å². The van der Waals surface area contributed by atoms with Gasteiger partial charge >= 0.3 is 12.1 Å². The smallest absolute Gasteiger partial charge is 0.407 e. The van der Waals surface area contributed by atoms with Crippen molar-refractivity contribution in [2.24, 2.45) is 0 Å². The number of hydroxylamine groups is 1. The zero-order chi connectivity index (χ0) is 20.8. The molecule has 8 heteroatoms. The molecule has 1 aliphatic rings. The lowest BCUT2D eigenvalue weighted by atomic mass is 9.98. The highest BCUT2D eigenvalue weighted by molar-refractivity contribution is 5.79. The van der Waals surface area contributed by atoms with E-state index in [1.807, 2.05) is 41.9 Å². The van der Waals surface area contributed by atoms with Gasteiger partial charge in [0, 0.05) is 18.4 Å². The fourth-order valence-corrected chi connectivity index (χ4v) is 3.39. The van der Waals surface area contributed by atoms with Gasteiger partial charge in [-0.25, -0.2) is 15.1 Å². The second kappa shape index (κ2) is 9.20. The summed E-state index contributed by atoms with van der Waals surface area (Å²) in [6, 6.07) is 15.6. The maximum Gasteiger partial charge on any atom is 0.407 e. The summed E-state index contributed by atoms with van der Waals surface area (Å²) in [5.41, 5.74) is 6.52. The van der Waals surface area contributed by atoms with Gasteiger partial charge in [0.25, 0.3) is 0 Å². The van der Waals surface area contributed by atoms with Gasteiger partial charge in [-0.05, 0) is 29.2 Å². The summed E-state index contributed by atoms with van der Waals surface area (Å²) in [7, 11) is 0. The molecule has 0 saturated heterocycles. The molecular formula is C21H22N2O6. The van der Waals surface area contributed by atoms with Crippen LogP contribution in [0.25, 0.3) is 11.1 Å². The van der Waals surface area contributed by atoms with E-state index in [2.05, 4.69) is 22.3 Å². The summed E-state index contributed by atoms with van der Waals surface area (Å²) >= 11 is 0. The molecule has 29 heavy (non-hydrogen) atoms. The van der Waals surface area contributed by atoms with E-state index in [0.717, 1.165) is 22.3 Å². The van der Waals surface area contributed by atoms with E-state index < -0.39 is 30.6 Å². The highest BCUT2D eigenvalue weighted by atomic mass is 16.7. The van der Waals surface area contributed by atoms with E-state index >= 15 is 0 Å². The summed E-state index contributed by atoms with van der Waals surface area (Å²) in [4.78, 5) is 38.6. The van der Waals surface area contributed by atoms with Gasteiger partial charge in [-0.2, -0.15) is 0 Å². The Kier molecular flexibility index (Phi) is 6.46. The number of hydrogen-bond donors (Lipinski definition) is 3. The van der Waals surface area contributed by atoms with E-state index in [4.69, 9.17) is 9.84 Å². The second-order valence-corrected chi connectivity index (χ2v) is 6.78. The van der Waals surface area contributed by atoms with E-state index in [1.165, 1.54) is 0 Å². The number of hydrogen-bond acceptors (Lipinski definition) is 5. The highest BCUT2D eigenvalue weighted by Gasteiger charge is 2.29. The van der Waals surface area contributed by atoms with Gasteiger partial charge < -0.3 is 15.2 Å². The Morgan fingerprint density at radius 2 is 1.62 bits per heavy atom.